The molecule has 1 heterocycles. The molecule has 0 unspecified atom stereocenters. The van der Waals surface area contributed by atoms with Crippen LogP contribution in [0.25, 0.3) is 21.9 Å². The van der Waals surface area contributed by atoms with Gasteiger partial charge < -0.3 is 14.3 Å². The Morgan fingerprint density at radius 3 is 2.50 bits per heavy atom. The van der Waals surface area contributed by atoms with E-state index in [1.54, 1.807) is 12.1 Å². The first-order valence-corrected chi connectivity index (χ1v) is 8.44. The third-order valence-electron chi connectivity index (χ3n) is 3.62. The first-order valence-electron chi connectivity index (χ1n) is 7.12. The van der Waals surface area contributed by atoms with Gasteiger partial charge in [0.15, 0.2) is 0 Å². The molecule has 2 aromatic carbocycles. The number of methoxy groups -OCH3 is 1. The van der Waals surface area contributed by atoms with Crippen LogP contribution in [-0.2, 0) is 15.5 Å². The van der Waals surface area contributed by atoms with Gasteiger partial charge in [-0.1, -0.05) is 0 Å². The van der Waals surface area contributed by atoms with Gasteiger partial charge in [-0.05, 0) is 36.4 Å². The van der Waals surface area contributed by atoms with E-state index in [2.05, 4.69) is 0 Å². The van der Waals surface area contributed by atoms with Crippen molar-refractivity contribution in [2.75, 3.05) is 19.5 Å². The molecule has 0 spiro atoms. The van der Waals surface area contributed by atoms with Crippen molar-refractivity contribution in [3.63, 3.8) is 0 Å². The maximum Gasteiger partial charge on any atom is 0.335 e. The van der Waals surface area contributed by atoms with Crippen molar-refractivity contribution >= 4 is 38.7 Å². The Hall–Kier alpha value is -2.51. The van der Waals surface area contributed by atoms with E-state index >= 15 is 0 Å². The Morgan fingerprint density at radius 1 is 1.17 bits per heavy atom. The maximum atomic E-state index is 12.7. The molecular weight excluding hydrogens is 332 g/mol. The van der Waals surface area contributed by atoms with Gasteiger partial charge >= 0.3 is 5.97 Å². The van der Waals surface area contributed by atoms with Gasteiger partial charge in [-0.15, -0.1) is 0 Å². The van der Waals surface area contributed by atoms with E-state index in [1.807, 2.05) is 0 Å². The summed E-state index contributed by atoms with van der Waals surface area (Å²) < 4.78 is 22.8. The third kappa shape index (κ3) is 2.95. The Balaban J connectivity index is 2.19. The number of hydrogen-bond acceptors (Lipinski definition) is 5. The fraction of sp³-hybridized carbons (Fsp3) is 0.176. The monoisotopic (exact) mass is 346 g/mol. The first kappa shape index (κ1) is 16.4. The first-order chi connectivity index (χ1) is 11.5. The van der Waals surface area contributed by atoms with Gasteiger partial charge in [0.05, 0.1) is 39.5 Å². The molecule has 124 valence electrons. The van der Waals surface area contributed by atoms with Gasteiger partial charge in [0.2, 0.25) is 5.43 Å². The zero-order chi connectivity index (χ0) is 17.3. The lowest BCUT2D eigenvalue weighted by molar-refractivity contribution is 0.0697. The molecule has 0 saturated carbocycles. The average molecular weight is 346 g/mol. The lowest BCUT2D eigenvalue weighted by Crippen LogP contribution is -2.07. The molecule has 0 aliphatic heterocycles. The lowest BCUT2D eigenvalue weighted by atomic mass is 10.1. The molecule has 1 aromatic heterocycles. The fourth-order valence-electron chi connectivity index (χ4n) is 2.39. The second kappa shape index (κ2) is 6.54. The zero-order valence-corrected chi connectivity index (χ0v) is 13.6. The molecule has 6 nitrogen and oxygen atoms in total. The predicted octanol–water partition coefficient (Wildman–Crippen LogP) is 2.40. The summed E-state index contributed by atoms with van der Waals surface area (Å²) in [5.74, 6) is -0.796. The van der Waals surface area contributed by atoms with E-state index in [4.69, 9.17) is 14.3 Å². The largest absolute Gasteiger partial charge is 0.478 e. The van der Waals surface area contributed by atoms with E-state index < -0.39 is 16.8 Å². The highest BCUT2D eigenvalue weighted by atomic mass is 32.2. The Kier molecular flexibility index (Phi) is 4.46. The van der Waals surface area contributed by atoms with Gasteiger partial charge in [-0.2, -0.15) is 0 Å². The van der Waals surface area contributed by atoms with Gasteiger partial charge in [0.1, 0.15) is 11.2 Å². The Labute approximate surface area is 139 Å². The number of aromatic carboxylic acids is 1. The minimum absolute atomic E-state index is 0.00831. The number of benzene rings is 2. The second-order valence-corrected chi connectivity index (χ2v) is 6.72. The van der Waals surface area contributed by atoms with Crippen LogP contribution >= 0.6 is 0 Å². The SMILES string of the molecule is COCC[S@@](=O)c1ccc2oc3ccc(C(=O)O)cc3c(=O)c2c1. The Bertz CT molecular complexity index is 1020. The number of fused-ring (bicyclic) bond motifs is 2. The lowest BCUT2D eigenvalue weighted by Gasteiger charge is -2.05. The summed E-state index contributed by atoms with van der Waals surface area (Å²) in [5, 5.41) is 9.52. The Morgan fingerprint density at radius 2 is 1.83 bits per heavy atom. The normalized spacial score (nSPS) is 12.5. The van der Waals surface area contributed by atoms with Crippen LogP contribution in [0.3, 0.4) is 0 Å². The number of ether oxygens (including phenoxy) is 1. The molecular formula is C17H14O6S. The number of carboxylic acid groups (broad SMARTS) is 1. The highest BCUT2D eigenvalue weighted by Crippen LogP contribution is 2.22. The van der Waals surface area contributed by atoms with E-state index in [-0.39, 0.29) is 21.8 Å². The van der Waals surface area contributed by atoms with E-state index in [1.165, 1.54) is 31.4 Å². The smallest absolute Gasteiger partial charge is 0.335 e. The van der Waals surface area contributed by atoms with E-state index in [9.17, 15) is 13.8 Å². The predicted molar refractivity (Wildman–Crippen MR) is 90.1 cm³/mol. The van der Waals surface area contributed by atoms with Crippen LogP contribution in [-0.4, -0.2) is 34.8 Å². The van der Waals surface area contributed by atoms with Crippen LogP contribution in [0.15, 0.2) is 50.5 Å². The van der Waals surface area contributed by atoms with Gasteiger partial charge in [0.25, 0.3) is 0 Å². The molecule has 0 amide bonds. The summed E-state index contributed by atoms with van der Waals surface area (Å²) in [7, 11) is 0.233. The molecule has 0 bridgehead atoms. The van der Waals surface area contributed by atoms with Crippen molar-refractivity contribution in [1.29, 1.82) is 0 Å². The van der Waals surface area contributed by atoms with Crippen molar-refractivity contribution in [2.24, 2.45) is 0 Å². The number of rotatable bonds is 5. The topological polar surface area (TPSA) is 93.8 Å². The third-order valence-corrected chi connectivity index (χ3v) is 4.94. The molecule has 0 radical (unpaired) electrons. The summed E-state index contributed by atoms with van der Waals surface area (Å²) in [6.45, 7) is 0.346. The summed E-state index contributed by atoms with van der Waals surface area (Å²) in [6.07, 6.45) is 0. The van der Waals surface area contributed by atoms with E-state index in [0.29, 0.717) is 28.4 Å². The molecule has 0 aliphatic carbocycles. The molecule has 1 atom stereocenters. The molecule has 3 aromatic rings. The highest BCUT2D eigenvalue weighted by Gasteiger charge is 2.13. The maximum absolute atomic E-state index is 12.7. The molecule has 0 aliphatic rings. The molecule has 1 N–H and O–H groups in total. The van der Waals surface area contributed by atoms with Crippen molar-refractivity contribution in [3.8, 4) is 0 Å². The number of carbonyl (C=O) groups is 1. The minimum Gasteiger partial charge on any atom is -0.478 e. The average Bonchev–Trinajstić information content (AvgIpc) is 2.59. The quantitative estimate of drug-likeness (QED) is 0.713. The van der Waals surface area contributed by atoms with Crippen LogP contribution in [0.5, 0.6) is 0 Å². The minimum atomic E-state index is -1.29. The fourth-order valence-corrected chi connectivity index (χ4v) is 3.41. The second-order valence-electron chi connectivity index (χ2n) is 5.15. The molecule has 24 heavy (non-hydrogen) atoms. The van der Waals surface area contributed by atoms with Crippen molar-refractivity contribution in [2.45, 2.75) is 4.90 Å². The van der Waals surface area contributed by atoms with Gasteiger partial charge in [-0.3, -0.25) is 9.00 Å². The summed E-state index contributed by atoms with van der Waals surface area (Å²) in [4.78, 5) is 24.3. The highest BCUT2D eigenvalue weighted by molar-refractivity contribution is 7.85. The van der Waals surface area contributed by atoms with E-state index in [0.717, 1.165) is 0 Å². The van der Waals surface area contributed by atoms with Crippen molar-refractivity contribution in [3.05, 3.63) is 52.2 Å². The molecule has 0 fully saturated rings. The van der Waals surface area contributed by atoms with Crippen LogP contribution in [0.2, 0.25) is 0 Å². The van der Waals surface area contributed by atoms with Gasteiger partial charge in [0, 0.05) is 12.0 Å². The standard InChI is InChI=1S/C17H14O6S/c1-22-6-7-24(21)11-3-5-15-13(9-11)16(18)12-8-10(17(19)20)2-4-14(12)23-15/h2-5,8-9H,6-7H2,1H3,(H,19,20)/t24-/m1/s1. The molecule has 7 heteroatoms. The summed E-state index contributed by atoms with van der Waals surface area (Å²) in [6, 6.07) is 8.91. The molecule has 3 rings (SSSR count). The summed E-state index contributed by atoms with van der Waals surface area (Å²) >= 11 is 0. The zero-order valence-electron chi connectivity index (χ0n) is 12.8. The van der Waals surface area contributed by atoms with Crippen LogP contribution in [0, 0.1) is 0 Å². The van der Waals surface area contributed by atoms with Crippen LogP contribution in [0.1, 0.15) is 10.4 Å². The molecule has 0 saturated heterocycles. The summed E-state index contributed by atoms with van der Waals surface area (Å²) in [5.41, 5.74) is 0.336. The van der Waals surface area contributed by atoms with Crippen molar-refractivity contribution < 1.29 is 23.3 Å². The van der Waals surface area contributed by atoms with Crippen molar-refractivity contribution in [1.82, 2.24) is 0 Å². The number of carboxylic acids is 1. The van der Waals surface area contributed by atoms with Crippen LogP contribution in [0.4, 0.5) is 0 Å². The van der Waals surface area contributed by atoms with Crippen LogP contribution < -0.4 is 5.43 Å². The number of hydrogen-bond donors (Lipinski definition) is 1. The van der Waals surface area contributed by atoms with Gasteiger partial charge in [-0.25, -0.2) is 4.79 Å².